The lowest BCUT2D eigenvalue weighted by atomic mass is 10.2. The molecule has 18 heavy (non-hydrogen) atoms. The third kappa shape index (κ3) is 1.50. The predicted molar refractivity (Wildman–Crippen MR) is 66.2 cm³/mol. The summed E-state index contributed by atoms with van der Waals surface area (Å²) in [5, 5.41) is 4.30. The summed E-state index contributed by atoms with van der Waals surface area (Å²) in [6.07, 6.45) is 3.38. The zero-order valence-electron chi connectivity index (χ0n) is 10.0. The molecule has 0 spiro atoms. The highest BCUT2D eigenvalue weighted by atomic mass is 16.1. The van der Waals surface area contributed by atoms with Crippen LogP contribution in [0.5, 0.6) is 0 Å². The summed E-state index contributed by atoms with van der Waals surface area (Å²) in [6.45, 7) is 1.79. The maximum Gasteiger partial charge on any atom is 0.275 e. The zero-order valence-corrected chi connectivity index (χ0v) is 10.0. The van der Waals surface area contributed by atoms with Crippen LogP contribution in [0.1, 0.15) is 5.69 Å². The molecule has 0 N–H and O–H groups in total. The van der Waals surface area contributed by atoms with Crippen molar-refractivity contribution in [3.8, 4) is 11.4 Å². The summed E-state index contributed by atoms with van der Waals surface area (Å²) >= 11 is 0. The fraction of sp³-hybridized carbons (Fsp3) is 0.167. The molecule has 0 atom stereocenters. The number of aromatic nitrogens is 5. The maximum absolute atomic E-state index is 11.8. The highest BCUT2D eigenvalue weighted by molar-refractivity contribution is 5.57. The number of fused-ring (bicyclic) bond motifs is 1. The number of hydrogen-bond donors (Lipinski definition) is 0. The van der Waals surface area contributed by atoms with Crippen LogP contribution in [0, 0.1) is 6.92 Å². The van der Waals surface area contributed by atoms with E-state index in [1.54, 1.807) is 23.9 Å². The Labute approximate surface area is 103 Å². The van der Waals surface area contributed by atoms with Gasteiger partial charge < -0.3 is 0 Å². The van der Waals surface area contributed by atoms with Gasteiger partial charge in [0.05, 0.1) is 0 Å². The van der Waals surface area contributed by atoms with E-state index in [0.717, 1.165) is 5.56 Å². The van der Waals surface area contributed by atoms with Crippen molar-refractivity contribution in [1.82, 2.24) is 24.1 Å². The van der Waals surface area contributed by atoms with Crippen LogP contribution in [0.25, 0.3) is 17.2 Å². The fourth-order valence-corrected chi connectivity index (χ4v) is 1.90. The van der Waals surface area contributed by atoms with Crippen molar-refractivity contribution < 1.29 is 0 Å². The molecule has 3 heterocycles. The Morgan fingerprint density at radius 2 is 1.94 bits per heavy atom. The second kappa shape index (κ2) is 3.76. The predicted octanol–water partition coefficient (Wildman–Crippen LogP) is 0.798. The largest absolute Gasteiger partial charge is 0.296 e. The molecule has 0 aliphatic heterocycles. The van der Waals surface area contributed by atoms with Crippen molar-refractivity contribution in [2.45, 2.75) is 6.92 Å². The van der Waals surface area contributed by atoms with Gasteiger partial charge in [-0.15, -0.1) is 5.10 Å². The van der Waals surface area contributed by atoms with E-state index in [2.05, 4.69) is 15.1 Å². The lowest BCUT2D eigenvalue weighted by Crippen LogP contribution is -2.15. The lowest BCUT2D eigenvalue weighted by Gasteiger charge is -1.99. The number of nitrogens with zero attached hydrogens (tertiary/aromatic N) is 5. The van der Waals surface area contributed by atoms with Crippen LogP contribution in [-0.4, -0.2) is 24.1 Å². The SMILES string of the molecule is Cc1cc(=O)n2nc(-c3ccncc3)n(C)c2n1. The van der Waals surface area contributed by atoms with Gasteiger partial charge in [-0.3, -0.25) is 14.3 Å². The summed E-state index contributed by atoms with van der Waals surface area (Å²) in [4.78, 5) is 20.1. The molecule has 3 aromatic rings. The second-order valence-corrected chi connectivity index (χ2v) is 4.07. The molecule has 3 aromatic heterocycles. The molecule has 0 aromatic carbocycles. The smallest absolute Gasteiger partial charge is 0.275 e. The van der Waals surface area contributed by atoms with Gasteiger partial charge in [0.15, 0.2) is 5.82 Å². The van der Waals surface area contributed by atoms with E-state index in [1.807, 2.05) is 19.2 Å². The fourth-order valence-electron chi connectivity index (χ4n) is 1.90. The molecule has 0 radical (unpaired) electrons. The van der Waals surface area contributed by atoms with Gasteiger partial charge in [-0.1, -0.05) is 0 Å². The van der Waals surface area contributed by atoms with E-state index in [4.69, 9.17) is 0 Å². The molecule has 0 aliphatic carbocycles. The first-order valence-corrected chi connectivity index (χ1v) is 5.50. The maximum atomic E-state index is 11.8. The quantitative estimate of drug-likeness (QED) is 0.632. The average Bonchev–Trinajstić information content (AvgIpc) is 2.69. The molecule has 90 valence electrons. The third-order valence-corrected chi connectivity index (χ3v) is 2.76. The minimum Gasteiger partial charge on any atom is -0.296 e. The lowest BCUT2D eigenvalue weighted by molar-refractivity contribution is 0.879. The van der Waals surface area contributed by atoms with Gasteiger partial charge >= 0.3 is 0 Å². The highest BCUT2D eigenvalue weighted by Gasteiger charge is 2.12. The molecule has 0 fully saturated rings. The van der Waals surface area contributed by atoms with E-state index >= 15 is 0 Å². The molecule has 6 nitrogen and oxygen atoms in total. The summed E-state index contributed by atoms with van der Waals surface area (Å²) in [6, 6.07) is 5.16. The Kier molecular flexibility index (Phi) is 2.22. The van der Waals surface area contributed by atoms with Gasteiger partial charge in [-0.05, 0) is 19.1 Å². The van der Waals surface area contributed by atoms with Gasteiger partial charge in [0.2, 0.25) is 5.78 Å². The first kappa shape index (κ1) is 10.6. The van der Waals surface area contributed by atoms with E-state index in [0.29, 0.717) is 17.3 Å². The first-order chi connectivity index (χ1) is 8.66. The average molecular weight is 241 g/mol. The van der Waals surface area contributed by atoms with Gasteiger partial charge in [0.1, 0.15) is 0 Å². The molecular formula is C12H11N5O. The molecular weight excluding hydrogens is 230 g/mol. The Bertz CT molecular complexity index is 772. The normalized spacial score (nSPS) is 11.0. The minimum absolute atomic E-state index is 0.173. The number of pyridine rings is 1. The van der Waals surface area contributed by atoms with Crippen LogP contribution >= 0.6 is 0 Å². The van der Waals surface area contributed by atoms with Crippen molar-refractivity contribution in [3.63, 3.8) is 0 Å². The standard InChI is InChI=1S/C12H11N5O/c1-8-7-10(18)17-12(14-8)16(2)11(15-17)9-3-5-13-6-4-9/h3-7H,1-2H3. The Morgan fingerprint density at radius 3 is 2.67 bits per heavy atom. The molecule has 0 saturated carbocycles. The van der Waals surface area contributed by atoms with Crippen LogP contribution in [0.4, 0.5) is 0 Å². The van der Waals surface area contributed by atoms with Gasteiger partial charge in [0, 0.05) is 36.8 Å². The Morgan fingerprint density at radius 1 is 1.22 bits per heavy atom. The molecule has 0 amide bonds. The topological polar surface area (TPSA) is 65.1 Å². The van der Waals surface area contributed by atoms with E-state index < -0.39 is 0 Å². The summed E-state index contributed by atoms with van der Waals surface area (Å²) in [5.41, 5.74) is 1.41. The van der Waals surface area contributed by atoms with Gasteiger partial charge in [0.25, 0.3) is 5.56 Å². The number of aryl methyl sites for hydroxylation is 2. The first-order valence-electron chi connectivity index (χ1n) is 5.50. The monoisotopic (exact) mass is 241 g/mol. The summed E-state index contributed by atoms with van der Waals surface area (Å²) in [7, 11) is 1.84. The van der Waals surface area contributed by atoms with Crippen molar-refractivity contribution in [2.75, 3.05) is 0 Å². The van der Waals surface area contributed by atoms with E-state index in [9.17, 15) is 4.79 Å². The van der Waals surface area contributed by atoms with Crippen LogP contribution < -0.4 is 5.56 Å². The van der Waals surface area contributed by atoms with Crippen LogP contribution in [0.2, 0.25) is 0 Å². The highest BCUT2D eigenvalue weighted by Crippen LogP contribution is 2.16. The summed E-state index contributed by atoms with van der Waals surface area (Å²) < 4.78 is 3.10. The zero-order chi connectivity index (χ0) is 12.7. The van der Waals surface area contributed by atoms with Crippen molar-refractivity contribution in [2.24, 2.45) is 7.05 Å². The Hall–Kier alpha value is -2.50. The number of hydrogen-bond acceptors (Lipinski definition) is 4. The Balaban J connectivity index is 2.37. The molecule has 0 unspecified atom stereocenters. The summed E-state index contributed by atoms with van der Waals surface area (Å²) in [5.74, 6) is 1.22. The molecule has 0 bridgehead atoms. The van der Waals surface area contributed by atoms with E-state index in [-0.39, 0.29) is 5.56 Å². The van der Waals surface area contributed by atoms with Crippen LogP contribution in [-0.2, 0) is 7.05 Å². The van der Waals surface area contributed by atoms with E-state index in [1.165, 1.54) is 10.6 Å². The molecule has 6 heteroatoms. The van der Waals surface area contributed by atoms with Crippen molar-refractivity contribution in [1.29, 1.82) is 0 Å². The van der Waals surface area contributed by atoms with Crippen LogP contribution in [0.15, 0.2) is 35.4 Å². The van der Waals surface area contributed by atoms with Gasteiger partial charge in [-0.2, -0.15) is 4.52 Å². The number of rotatable bonds is 1. The van der Waals surface area contributed by atoms with Crippen molar-refractivity contribution >= 4 is 5.78 Å². The minimum atomic E-state index is -0.173. The second-order valence-electron chi connectivity index (χ2n) is 4.07. The molecule has 0 aliphatic rings. The van der Waals surface area contributed by atoms with Gasteiger partial charge in [-0.25, -0.2) is 4.98 Å². The van der Waals surface area contributed by atoms with Crippen molar-refractivity contribution in [3.05, 3.63) is 46.6 Å². The molecule has 0 saturated heterocycles. The third-order valence-electron chi connectivity index (χ3n) is 2.76. The molecule has 3 rings (SSSR count). The van der Waals surface area contributed by atoms with Crippen LogP contribution in [0.3, 0.4) is 0 Å².